The number of carboxylic acids is 1. The van der Waals surface area contributed by atoms with Crippen molar-refractivity contribution in [1.29, 1.82) is 5.26 Å². The van der Waals surface area contributed by atoms with Crippen molar-refractivity contribution in [2.75, 3.05) is 19.8 Å². The fourth-order valence-electron chi connectivity index (χ4n) is 4.76. The van der Waals surface area contributed by atoms with Gasteiger partial charge in [0.15, 0.2) is 23.1 Å². The molecule has 0 aliphatic carbocycles. The number of carbonyl (C=O) groups is 1. The number of fused-ring (bicyclic) bond motifs is 1. The van der Waals surface area contributed by atoms with E-state index in [-0.39, 0.29) is 31.3 Å². The van der Waals surface area contributed by atoms with Crippen molar-refractivity contribution >= 4 is 5.97 Å². The highest BCUT2D eigenvalue weighted by Gasteiger charge is 2.32. The molecule has 3 N–H and O–H groups in total. The van der Waals surface area contributed by atoms with Crippen LogP contribution in [0.5, 0.6) is 23.0 Å². The van der Waals surface area contributed by atoms with Gasteiger partial charge in [-0.1, -0.05) is 24.3 Å². The quantitative estimate of drug-likeness (QED) is 0.201. The van der Waals surface area contributed by atoms with Crippen LogP contribution in [-0.4, -0.2) is 46.5 Å². The summed E-state index contributed by atoms with van der Waals surface area (Å²) in [5.41, 5.74) is 3.33. The lowest BCUT2D eigenvalue weighted by atomic mass is 9.96. The van der Waals surface area contributed by atoms with Crippen molar-refractivity contribution in [3.63, 3.8) is 0 Å². The molecule has 45 heavy (non-hydrogen) atoms. The Morgan fingerprint density at radius 3 is 2.58 bits per heavy atom. The van der Waals surface area contributed by atoms with E-state index in [0.29, 0.717) is 41.4 Å². The number of rotatable bonds is 12. The van der Waals surface area contributed by atoms with Gasteiger partial charge in [-0.2, -0.15) is 5.26 Å². The summed E-state index contributed by atoms with van der Waals surface area (Å²) in [5, 5.41) is 31.1. The number of carboxylic acid groups (broad SMARTS) is 1. The summed E-state index contributed by atoms with van der Waals surface area (Å²) < 4.78 is 38.8. The standard InChI is InChI=1S/C34H32FN3O7/c1-21-25(4-3-5-27(21)24-6-7-29-32(12-24)43-9-8-42-29)19-45-31-13-30(44-18-23-10-22(14-36)15-37-16-23)26(11-28(31)35)17-38-34(2,20-39)33(40)41/h3-7,10-13,15-16,38-39H,8-9,17-20H2,1-2H3,(H,40,41)/t34-/m1/s1. The van der Waals surface area contributed by atoms with Crippen LogP contribution in [0.4, 0.5) is 4.39 Å². The van der Waals surface area contributed by atoms with Crippen LogP contribution in [0.3, 0.4) is 0 Å². The molecule has 0 radical (unpaired) electrons. The topological polar surface area (TPSA) is 143 Å². The van der Waals surface area contributed by atoms with Gasteiger partial charge in [-0.25, -0.2) is 4.39 Å². The zero-order valence-electron chi connectivity index (χ0n) is 24.8. The van der Waals surface area contributed by atoms with Crippen molar-refractivity contribution < 1.29 is 38.3 Å². The van der Waals surface area contributed by atoms with Crippen LogP contribution in [0.15, 0.2) is 67.0 Å². The van der Waals surface area contributed by atoms with Crippen LogP contribution < -0.4 is 24.3 Å². The first-order valence-corrected chi connectivity index (χ1v) is 14.2. The van der Waals surface area contributed by atoms with E-state index in [4.69, 9.17) is 18.9 Å². The molecule has 4 aromatic rings. The first-order chi connectivity index (χ1) is 21.7. The summed E-state index contributed by atoms with van der Waals surface area (Å²) in [7, 11) is 0. The van der Waals surface area contributed by atoms with Gasteiger partial charge in [-0.05, 0) is 60.4 Å². The largest absolute Gasteiger partial charge is 0.488 e. The molecule has 1 aliphatic rings. The van der Waals surface area contributed by atoms with Crippen LogP contribution >= 0.6 is 0 Å². The highest BCUT2D eigenvalue weighted by Crippen LogP contribution is 2.36. The maximum absolute atomic E-state index is 15.4. The van der Waals surface area contributed by atoms with Gasteiger partial charge < -0.3 is 29.2 Å². The van der Waals surface area contributed by atoms with E-state index in [1.54, 1.807) is 12.3 Å². The van der Waals surface area contributed by atoms with Gasteiger partial charge in [0.1, 0.15) is 43.8 Å². The molecule has 0 spiro atoms. The summed E-state index contributed by atoms with van der Waals surface area (Å²) in [6.07, 6.45) is 2.97. The number of aliphatic hydroxyl groups is 1. The third-order valence-electron chi connectivity index (χ3n) is 7.57. The summed E-state index contributed by atoms with van der Waals surface area (Å²) in [4.78, 5) is 15.7. The SMILES string of the molecule is Cc1c(COc2cc(OCc3cncc(C#N)c3)c(CN[C@](C)(CO)C(=O)O)cc2F)cccc1-c1ccc2c(c1)OCCO2. The molecular weight excluding hydrogens is 581 g/mol. The summed E-state index contributed by atoms with van der Waals surface area (Å²) in [5.74, 6) is -0.386. The van der Waals surface area contributed by atoms with Crippen LogP contribution in [0, 0.1) is 24.1 Å². The minimum atomic E-state index is -1.66. The zero-order chi connectivity index (χ0) is 32.0. The molecule has 0 saturated carbocycles. The van der Waals surface area contributed by atoms with E-state index in [9.17, 15) is 20.3 Å². The predicted molar refractivity (Wildman–Crippen MR) is 162 cm³/mol. The van der Waals surface area contributed by atoms with E-state index in [0.717, 1.165) is 22.3 Å². The Labute approximate surface area is 259 Å². The number of nitriles is 1. The first-order valence-electron chi connectivity index (χ1n) is 14.2. The van der Waals surface area contributed by atoms with Crippen molar-refractivity contribution in [3.8, 4) is 40.2 Å². The summed E-state index contributed by atoms with van der Waals surface area (Å²) >= 11 is 0. The lowest BCUT2D eigenvalue weighted by Gasteiger charge is -2.24. The third kappa shape index (κ3) is 7.15. The molecule has 5 rings (SSSR count). The summed E-state index contributed by atoms with van der Waals surface area (Å²) in [6, 6.07) is 17.8. The van der Waals surface area contributed by atoms with E-state index >= 15 is 4.39 Å². The van der Waals surface area contributed by atoms with E-state index in [2.05, 4.69) is 10.3 Å². The van der Waals surface area contributed by atoms with Crippen LogP contribution in [0.25, 0.3) is 11.1 Å². The number of hydrogen-bond acceptors (Lipinski definition) is 9. The Morgan fingerprint density at radius 2 is 1.82 bits per heavy atom. The first kappa shape index (κ1) is 31.3. The molecule has 1 atom stereocenters. The van der Waals surface area contributed by atoms with Crippen LogP contribution in [0.2, 0.25) is 0 Å². The monoisotopic (exact) mass is 613 g/mol. The lowest BCUT2D eigenvalue weighted by molar-refractivity contribution is -0.145. The Balaban J connectivity index is 1.39. The summed E-state index contributed by atoms with van der Waals surface area (Å²) in [6.45, 7) is 3.55. The Morgan fingerprint density at radius 1 is 1.04 bits per heavy atom. The maximum atomic E-state index is 15.4. The van der Waals surface area contributed by atoms with Crippen LogP contribution in [0.1, 0.15) is 34.7 Å². The van der Waals surface area contributed by atoms with Gasteiger partial charge in [-0.15, -0.1) is 0 Å². The molecule has 0 saturated heterocycles. The number of nitrogens with zero attached hydrogens (tertiary/aromatic N) is 2. The fraction of sp³-hybridized carbons (Fsp3) is 0.265. The number of benzene rings is 3. The number of halogens is 1. The molecule has 0 fully saturated rings. The highest BCUT2D eigenvalue weighted by atomic mass is 19.1. The maximum Gasteiger partial charge on any atom is 0.326 e. The highest BCUT2D eigenvalue weighted by molar-refractivity contribution is 5.78. The van der Waals surface area contributed by atoms with Crippen LogP contribution in [-0.2, 0) is 24.6 Å². The zero-order valence-corrected chi connectivity index (χ0v) is 24.8. The molecular formula is C34H32FN3O7. The number of ether oxygens (including phenoxy) is 4. The molecule has 1 aliphatic heterocycles. The molecule has 0 unspecified atom stereocenters. The molecule has 3 aromatic carbocycles. The average Bonchev–Trinajstić information content (AvgIpc) is 3.06. The van der Waals surface area contributed by atoms with Gasteiger partial charge in [0, 0.05) is 36.1 Å². The molecule has 0 bridgehead atoms. The van der Waals surface area contributed by atoms with Gasteiger partial charge in [0.05, 0.1) is 12.2 Å². The van der Waals surface area contributed by atoms with Gasteiger partial charge >= 0.3 is 5.97 Å². The molecule has 10 nitrogen and oxygen atoms in total. The second-order valence-corrected chi connectivity index (χ2v) is 10.8. The number of aromatic nitrogens is 1. The molecule has 1 aromatic heterocycles. The van der Waals surface area contributed by atoms with Gasteiger partial charge in [0.2, 0.25) is 0 Å². The van der Waals surface area contributed by atoms with E-state index in [1.807, 2.05) is 49.4 Å². The number of nitrogens with one attached hydrogen (secondary N) is 1. The molecule has 2 heterocycles. The van der Waals surface area contributed by atoms with Gasteiger partial charge in [-0.3, -0.25) is 15.1 Å². The smallest absolute Gasteiger partial charge is 0.326 e. The normalized spacial score (nSPS) is 13.4. The molecule has 232 valence electrons. The second-order valence-electron chi connectivity index (χ2n) is 10.8. The number of aliphatic carboxylic acids is 1. The Bertz CT molecular complexity index is 1760. The van der Waals surface area contributed by atoms with Gasteiger partial charge in [0.25, 0.3) is 0 Å². The van der Waals surface area contributed by atoms with E-state index < -0.39 is 23.9 Å². The molecule has 11 heteroatoms. The van der Waals surface area contributed by atoms with E-state index in [1.165, 1.54) is 25.3 Å². The molecule has 0 amide bonds. The van der Waals surface area contributed by atoms with Crippen molar-refractivity contribution in [2.45, 2.75) is 39.1 Å². The Kier molecular flexibility index (Phi) is 9.47. The predicted octanol–water partition coefficient (Wildman–Crippen LogP) is 4.92. The van der Waals surface area contributed by atoms with Crippen molar-refractivity contribution in [1.82, 2.24) is 10.3 Å². The number of aliphatic hydroxyl groups excluding tert-OH is 1. The number of pyridine rings is 1. The Hall–Kier alpha value is -5.18. The minimum absolute atomic E-state index is 0.00742. The van der Waals surface area contributed by atoms with Crippen molar-refractivity contribution in [3.05, 3.63) is 101 Å². The second kappa shape index (κ2) is 13.6. The average molecular weight is 614 g/mol. The third-order valence-corrected chi connectivity index (χ3v) is 7.57. The lowest BCUT2D eigenvalue weighted by Crippen LogP contribution is -2.52. The van der Waals surface area contributed by atoms with Crippen molar-refractivity contribution in [2.24, 2.45) is 0 Å². The minimum Gasteiger partial charge on any atom is -0.488 e. The number of hydrogen-bond donors (Lipinski definition) is 3. The fourth-order valence-corrected chi connectivity index (χ4v) is 4.76.